The van der Waals surface area contributed by atoms with Crippen molar-refractivity contribution >= 4 is 11.7 Å². The molecule has 0 spiro atoms. The first kappa shape index (κ1) is 13.4. The van der Waals surface area contributed by atoms with Gasteiger partial charge in [-0.1, -0.05) is 19.9 Å². The number of ketones is 1. The fraction of sp³-hybridized carbons (Fsp3) is 0.462. The van der Waals surface area contributed by atoms with E-state index in [9.17, 15) is 9.59 Å². The van der Waals surface area contributed by atoms with Crippen LogP contribution in [0.5, 0.6) is 0 Å². The van der Waals surface area contributed by atoms with Crippen molar-refractivity contribution < 1.29 is 9.59 Å². The van der Waals surface area contributed by atoms with E-state index in [1.54, 1.807) is 24.4 Å². The number of hydrogen-bond donors (Lipinski definition) is 1. The lowest BCUT2D eigenvalue weighted by atomic mass is 10.0. The molecule has 0 unspecified atom stereocenters. The fourth-order valence-corrected chi connectivity index (χ4v) is 1.34. The Morgan fingerprint density at radius 1 is 1.35 bits per heavy atom. The van der Waals surface area contributed by atoms with Crippen LogP contribution in [0.25, 0.3) is 0 Å². The maximum absolute atomic E-state index is 11.6. The Morgan fingerprint density at radius 3 is 2.71 bits per heavy atom. The van der Waals surface area contributed by atoms with Crippen LogP contribution in [0.3, 0.4) is 0 Å². The maximum Gasteiger partial charge on any atom is 0.269 e. The second kappa shape index (κ2) is 6.78. The number of amides is 1. The van der Waals surface area contributed by atoms with Crippen molar-refractivity contribution in [2.24, 2.45) is 5.92 Å². The molecule has 0 atom stereocenters. The third-order valence-corrected chi connectivity index (χ3v) is 2.43. The molecule has 4 nitrogen and oxygen atoms in total. The Balaban J connectivity index is 2.24. The van der Waals surface area contributed by atoms with Crippen LogP contribution in [0, 0.1) is 5.92 Å². The highest BCUT2D eigenvalue weighted by Gasteiger charge is 2.08. The number of hydrogen-bond acceptors (Lipinski definition) is 3. The van der Waals surface area contributed by atoms with Crippen LogP contribution in [-0.2, 0) is 4.79 Å². The van der Waals surface area contributed by atoms with E-state index >= 15 is 0 Å². The van der Waals surface area contributed by atoms with Gasteiger partial charge in [0.2, 0.25) is 0 Å². The topological polar surface area (TPSA) is 59.1 Å². The van der Waals surface area contributed by atoms with Crippen molar-refractivity contribution in [3.63, 3.8) is 0 Å². The van der Waals surface area contributed by atoms with Crippen LogP contribution in [-0.4, -0.2) is 23.2 Å². The molecular formula is C13H18N2O2. The van der Waals surface area contributed by atoms with Gasteiger partial charge in [-0.05, 0) is 18.6 Å². The van der Waals surface area contributed by atoms with Gasteiger partial charge in [0, 0.05) is 25.1 Å². The van der Waals surface area contributed by atoms with Gasteiger partial charge in [-0.3, -0.25) is 14.6 Å². The number of carbonyl (C=O) groups excluding carboxylic acids is 2. The van der Waals surface area contributed by atoms with E-state index < -0.39 is 0 Å². The van der Waals surface area contributed by atoms with Gasteiger partial charge in [0.05, 0.1) is 0 Å². The molecule has 0 aliphatic heterocycles. The minimum atomic E-state index is -0.192. The molecule has 17 heavy (non-hydrogen) atoms. The maximum atomic E-state index is 11.6. The van der Waals surface area contributed by atoms with Crippen LogP contribution in [0.1, 0.15) is 37.2 Å². The minimum Gasteiger partial charge on any atom is -0.351 e. The first-order valence-electron chi connectivity index (χ1n) is 5.83. The smallest absolute Gasteiger partial charge is 0.269 e. The average molecular weight is 234 g/mol. The number of pyridine rings is 1. The third kappa shape index (κ3) is 4.76. The fourth-order valence-electron chi connectivity index (χ4n) is 1.34. The molecule has 0 bridgehead atoms. The molecule has 0 fully saturated rings. The largest absolute Gasteiger partial charge is 0.351 e. The van der Waals surface area contributed by atoms with E-state index in [0.29, 0.717) is 25.1 Å². The summed E-state index contributed by atoms with van der Waals surface area (Å²) in [6.45, 7) is 4.28. The summed E-state index contributed by atoms with van der Waals surface area (Å²) in [5.41, 5.74) is 0.405. The molecule has 1 amide bonds. The normalized spacial score (nSPS) is 10.3. The van der Waals surface area contributed by atoms with Crippen LogP contribution >= 0.6 is 0 Å². The Labute approximate surface area is 101 Å². The monoisotopic (exact) mass is 234 g/mol. The minimum absolute atomic E-state index is 0.0708. The predicted molar refractivity (Wildman–Crippen MR) is 65.6 cm³/mol. The van der Waals surface area contributed by atoms with E-state index in [0.717, 1.165) is 0 Å². The lowest BCUT2D eigenvalue weighted by Crippen LogP contribution is -2.25. The van der Waals surface area contributed by atoms with Gasteiger partial charge in [0.15, 0.2) is 0 Å². The highest BCUT2D eigenvalue weighted by Crippen LogP contribution is 2.01. The summed E-state index contributed by atoms with van der Waals surface area (Å²) in [4.78, 5) is 26.8. The summed E-state index contributed by atoms with van der Waals surface area (Å²) in [5, 5.41) is 2.74. The number of aromatic nitrogens is 1. The van der Waals surface area contributed by atoms with Crippen molar-refractivity contribution in [3.05, 3.63) is 30.1 Å². The number of nitrogens with one attached hydrogen (secondary N) is 1. The molecule has 0 radical (unpaired) electrons. The van der Waals surface area contributed by atoms with Gasteiger partial charge in [0.1, 0.15) is 11.5 Å². The van der Waals surface area contributed by atoms with Crippen LogP contribution in [0.4, 0.5) is 0 Å². The first-order valence-corrected chi connectivity index (χ1v) is 5.83. The molecule has 1 rings (SSSR count). The number of Topliss-reactive ketones (excluding diaryl/α,β-unsaturated/α-hetero) is 1. The lowest BCUT2D eigenvalue weighted by Gasteiger charge is -2.05. The van der Waals surface area contributed by atoms with E-state index in [1.165, 1.54) is 0 Å². The second-order valence-corrected chi connectivity index (χ2v) is 4.20. The molecule has 92 valence electrons. The molecule has 1 N–H and O–H groups in total. The van der Waals surface area contributed by atoms with Crippen molar-refractivity contribution in [3.8, 4) is 0 Å². The number of carbonyl (C=O) groups is 2. The summed E-state index contributed by atoms with van der Waals surface area (Å²) < 4.78 is 0. The van der Waals surface area contributed by atoms with Gasteiger partial charge in [-0.25, -0.2) is 0 Å². The van der Waals surface area contributed by atoms with Crippen LogP contribution < -0.4 is 5.32 Å². The van der Waals surface area contributed by atoms with Crippen LogP contribution in [0.2, 0.25) is 0 Å². The van der Waals surface area contributed by atoms with E-state index in [-0.39, 0.29) is 17.6 Å². The van der Waals surface area contributed by atoms with E-state index in [2.05, 4.69) is 10.3 Å². The zero-order chi connectivity index (χ0) is 12.7. The summed E-state index contributed by atoms with van der Waals surface area (Å²) >= 11 is 0. The Hall–Kier alpha value is -1.71. The van der Waals surface area contributed by atoms with E-state index in [1.807, 2.05) is 13.8 Å². The molecule has 0 saturated carbocycles. The van der Waals surface area contributed by atoms with Crippen molar-refractivity contribution in [1.82, 2.24) is 10.3 Å². The molecule has 1 aromatic rings. The molecule has 4 heteroatoms. The standard InChI is InChI=1S/C13H18N2O2/c1-10(2)12(16)7-5-9-15-13(17)11-6-3-4-8-14-11/h3-4,6,8,10H,5,7,9H2,1-2H3,(H,15,17). The predicted octanol–water partition coefficient (Wildman–Crippen LogP) is 1.82. The molecule has 0 saturated heterocycles. The van der Waals surface area contributed by atoms with Gasteiger partial charge in [-0.2, -0.15) is 0 Å². The van der Waals surface area contributed by atoms with Gasteiger partial charge < -0.3 is 5.32 Å². The SMILES string of the molecule is CC(C)C(=O)CCCNC(=O)c1ccccn1. The summed E-state index contributed by atoms with van der Waals surface area (Å²) in [6.07, 6.45) is 2.77. The van der Waals surface area contributed by atoms with Crippen LogP contribution in [0.15, 0.2) is 24.4 Å². The van der Waals surface area contributed by atoms with Gasteiger partial charge in [-0.15, -0.1) is 0 Å². The molecule has 0 aliphatic carbocycles. The lowest BCUT2D eigenvalue weighted by molar-refractivity contribution is -0.121. The molecule has 0 aliphatic rings. The van der Waals surface area contributed by atoms with Crippen molar-refractivity contribution in [2.75, 3.05) is 6.54 Å². The Bertz CT molecular complexity index is 374. The van der Waals surface area contributed by atoms with E-state index in [4.69, 9.17) is 0 Å². The summed E-state index contributed by atoms with van der Waals surface area (Å²) in [7, 11) is 0. The third-order valence-electron chi connectivity index (χ3n) is 2.43. The van der Waals surface area contributed by atoms with Crippen molar-refractivity contribution in [2.45, 2.75) is 26.7 Å². The van der Waals surface area contributed by atoms with Gasteiger partial charge in [0.25, 0.3) is 5.91 Å². The van der Waals surface area contributed by atoms with Crippen molar-refractivity contribution in [1.29, 1.82) is 0 Å². The molecule has 0 aromatic carbocycles. The number of nitrogens with zero attached hydrogens (tertiary/aromatic N) is 1. The molecule has 1 heterocycles. The molecule has 1 aromatic heterocycles. The van der Waals surface area contributed by atoms with Gasteiger partial charge >= 0.3 is 0 Å². The average Bonchev–Trinajstić information content (AvgIpc) is 2.35. The highest BCUT2D eigenvalue weighted by atomic mass is 16.2. The quantitative estimate of drug-likeness (QED) is 0.764. The molecular weight excluding hydrogens is 216 g/mol. The zero-order valence-corrected chi connectivity index (χ0v) is 10.3. The summed E-state index contributed by atoms with van der Waals surface area (Å²) in [6, 6.07) is 5.19. The Morgan fingerprint density at radius 2 is 2.12 bits per heavy atom. The first-order chi connectivity index (χ1) is 8.11. The zero-order valence-electron chi connectivity index (χ0n) is 10.3. The number of rotatable bonds is 6. The highest BCUT2D eigenvalue weighted by molar-refractivity contribution is 5.92. The second-order valence-electron chi connectivity index (χ2n) is 4.20. The summed E-state index contributed by atoms with van der Waals surface area (Å²) in [5.74, 6) is 0.112. The Kier molecular flexibility index (Phi) is 5.33.